The maximum Gasteiger partial charge on any atom is 0.335 e. The van der Waals surface area contributed by atoms with Crippen LogP contribution in [0.4, 0.5) is 0 Å². The summed E-state index contributed by atoms with van der Waals surface area (Å²) in [6.45, 7) is 4.27. The van der Waals surface area contributed by atoms with Crippen molar-refractivity contribution in [3.05, 3.63) is 0 Å². The predicted molar refractivity (Wildman–Crippen MR) is 61.2 cm³/mol. The lowest BCUT2D eigenvalue weighted by Gasteiger charge is -2.27. The summed E-state index contributed by atoms with van der Waals surface area (Å²) in [6, 6.07) is 0. The van der Waals surface area contributed by atoms with Gasteiger partial charge in [0.15, 0.2) is 0 Å². The van der Waals surface area contributed by atoms with Crippen LogP contribution in [0.15, 0.2) is 0 Å². The fraction of sp³-hybridized carbons (Fsp3) is 1.00. The van der Waals surface area contributed by atoms with Gasteiger partial charge in [-0.2, -0.15) is 0 Å². The van der Waals surface area contributed by atoms with Gasteiger partial charge in [-0.05, 0) is 0 Å². The van der Waals surface area contributed by atoms with Crippen molar-refractivity contribution in [2.75, 3.05) is 11.8 Å². The standard InChI is InChI=1S/C6H17O7P3/c1-6(2,3)15(9,10)4-14(7,8)5-16(11,12)13/h4-5H2,1-3H3,(H,7,8)(H,9,10)(H2,11,12,13). The molecule has 10 heteroatoms. The average Bonchev–Trinajstić information content (AvgIpc) is 1.72. The molecule has 4 N–H and O–H groups in total. The normalized spacial score (nSPS) is 21.2. The summed E-state index contributed by atoms with van der Waals surface area (Å²) in [5.41, 5.74) is 0. The Morgan fingerprint density at radius 1 is 0.875 bits per heavy atom. The lowest BCUT2D eigenvalue weighted by atomic mass is 10.3. The molecule has 0 fully saturated rings. The van der Waals surface area contributed by atoms with Crippen molar-refractivity contribution >= 4 is 22.3 Å². The van der Waals surface area contributed by atoms with Crippen LogP contribution in [0, 0.1) is 0 Å². The number of rotatable bonds is 4. The third-order valence-electron chi connectivity index (χ3n) is 1.87. The van der Waals surface area contributed by atoms with Crippen LogP contribution in [0.2, 0.25) is 0 Å². The minimum atomic E-state index is -4.67. The molecule has 0 aliphatic carbocycles. The maximum atomic E-state index is 11.7. The molecular weight excluding hydrogens is 277 g/mol. The van der Waals surface area contributed by atoms with Gasteiger partial charge in [-0.15, -0.1) is 0 Å². The van der Waals surface area contributed by atoms with E-state index in [0.717, 1.165) is 0 Å². The molecule has 98 valence electrons. The summed E-state index contributed by atoms with van der Waals surface area (Å²) in [7, 11) is -12.9. The minimum Gasteiger partial charge on any atom is -0.344 e. The molecule has 0 aromatic heterocycles. The van der Waals surface area contributed by atoms with Gasteiger partial charge in [-0.3, -0.25) is 13.7 Å². The van der Waals surface area contributed by atoms with Crippen LogP contribution in [0.3, 0.4) is 0 Å². The van der Waals surface area contributed by atoms with E-state index in [1.165, 1.54) is 20.8 Å². The van der Waals surface area contributed by atoms with E-state index in [4.69, 9.17) is 9.79 Å². The monoisotopic (exact) mass is 294 g/mol. The molecule has 0 saturated carbocycles. The molecule has 0 bridgehead atoms. The highest BCUT2D eigenvalue weighted by Gasteiger charge is 2.42. The SMILES string of the molecule is CC(C)(C)P(=O)(O)CP(=O)(O)CP(=O)(O)O. The molecule has 0 rings (SSSR count). The summed E-state index contributed by atoms with van der Waals surface area (Å²) in [4.78, 5) is 36.0. The molecule has 2 unspecified atom stereocenters. The van der Waals surface area contributed by atoms with Gasteiger partial charge in [0.05, 0.1) is 0 Å². The van der Waals surface area contributed by atoms with Crippen LogP contribution in [0.5, 0.6) is 0 Å². The van der Waals surface area contributed by atoms with E-state index in [1.54, 1.807) is 0 Å². The van der Waals surface area contributed by atoms with E-state index in [0.29, 0.717) is 0 Å². The topological polar surface area (TPSA) is 132 Å². The summed E-state index contributed by atoms with van der Waals surface area (Å²) in [6.07, 6.45) is 0. The Hall–Kier alpha value is 0.530. The summed E-state index contributed by atoms with van der Waals surface area (Å²) >= 11 is 0. The van der Waals surface area contributed by atoms with Gasteiger partial charge in [0, 0.05) is 5.16 Å². The summed E-state index contributed by atoms with van der Waals surface area (Å²) < 4.78 is 33.7. The van der Waals surface area contributed by atoms with Crippen LogP contribution >= 0.6 is 22.3 Å². The van der Waals surface area contributed by atoms with E-state index in [9.17, 15) is 23.5 Å². The van der Waals surface area contributed by atoms with Crippen molar-refractivity contribution in [3.8, 4) is 0 Å². The highest BCUT2D eigenvalue weighted by atomic mass is 31.3. The van der Waals surface area contributed by atoms with Crippen LogP contribution in [-0.4, -0.2) is 36.5 Å². The highest BCUT2D eigenvalue weighted by molar-refractivity contribution is 7.81. The number of hydrogen-bond acceptors (Lipinski definition) is 3. The fourth-order valence-electron chi connectivity index (χ4n) is 0.844. The van der Waals surface area contributed by atoms with Crippen LogP contribution < -0.4 is 0 Å². The van der Waals surface area contributed by atoms with Crippen molar-refractivity contribution in [2.24, 2.45) is 0 Å². The van der Waals surface area contributed by atoms with Gasteiger partial charge in [0.2, 0.25) is 14.7 Å². The van der Waals surface area contributed by atoms with Gasteiger partial charge < -0.3 is 19.6 Å². The first-order valence-corrected chi connectivity index (χ1v) is 10.0. The minimum absolute atomic E-state index is 0.978. The van der Waals surface area contributed by atoms with Crippen molar-refractivity contribution < 1.29 is 33.3 Å². The van der Waals surface area contributed by atoms with Crippen molar-refractivity contribution in [2.45, 2.75) is 25.9 Å². The molecule has 0 saturated heterocycles. The van der Waals surface area contributed by atoms with E-state index in [2.05, 4.69) is 0 Å². The third kappa shape index (κ3) is 5.74. The van der Waals surface area contributed by atoms with E-state index < -0.39 is 39.3 Å². The molecule has 0 radical (unpaired) electrons. The van der Waals surface area contributed by atoms with Gasteiger partial charge >= 0.3 is 7.60 Å². The quantitative estimate of drug-likeness (QED) is 0.576. The fourth-order valence-corrected chi connectivity index (χ4v) is 8.40. The molecule has 16 heavy (non-hydrogen) atoms. The Kier molecular flexibility index (Phi) is 4.81. The maximum absolute atomic E-state index is 11.7. The van der Waals surface area contributed by atoms with E-state index in [1.807, 2.05) is 0 Å². The molecule has 0 aromatic rings. The van der Waals surface area contributed by atoms with Crippen LogP contribution in [0.1, 0.15) is 20.8 Å². The first-order chi connectivity index (χ1) is 6.66. The smallest absolute Gasteiger partial charge is 0.335 e. The Balaban J connectivity index is 4.94. The second kappa shape index (κ2) is 4.66. The third-order valence-corrected chi connectivity index (χ3v) is 10.5. The molecule has 0 amide bonds. The summed E-state index contributed by atoms with van der Waals surface area (Å²) in [5, 5.41) is -1.10. The Labute approximate surface area is 94.0 Å². The molecule has 0 aliphatic rings. The van der Waals surface area contributed by atoms with Crippen molar-refractivity contribution in [1.29, 1.82) is 0 Å². The van der Waals surface area contributed by atoms with Gasteiger partial charge in [0.1, 0.15) is 11.8 Å². The molecule has 0 aliphatic heterocycles. The van der Waals surface area contributed by atoms with E-state index in [-0.39, 0.29) is 0 Å². The number of hydrogen-bond donors (Lipinski definition) is 4. The second-order valence-electron chi connectivity index (χ2n) is 4.67. The largest absolute Gasteiger partial charge is 0.344 e. The first kappa shape index (κ1) is 16.5. The Morgan fingerprint density at radius 2 is 1.25 bits per heavy atom. The Bertz CT molecular complexity index is 389. The first-order valence-electron chi connectivity index (χ1n) is 4.34. The second-order valence-corrected chi connectivity index (χ2v) is 12.7. The zero-order chi connectivity index (χ0) is 13.4. The lowest BCUT2D eigenvalue weighted by molar-refractivity contribution is 0.376. The van der Waals surface area contributed by atoms with Crippen LogP contribution in [0.25, 0.3) is 0 Å². The molecule has 0 heterocycles. The molecule has 0 aromatic carbocycles. The zero-order valence-electron chi connectivity index (χ0n) is 9.27. The molecule has 2 atom stereocenters. The average molecular weight is 294 g/mol. The lowest BCUT2D eigenvalue weighted by Crippen LogP contribution is -2.17. The highest BCUT2D eigenvalue weighted by Crippen LogP contribution is 2.67. The van der Waals surface area contributed by atoms with Crippen molar-refractivity contribution in [3.63, 3.8) is 0 Å². The Morgan fingerprint density at radius 3 is 1.50 bits per heavy atom. The molecule has 0 spiro atoms. The predicted octanol–water partition coefficient (Wildman–Crippen LogP) is 1.42. The molecular formula is C6H17O7P3. The molecule has 7 nitrogen and oxygen atoms in total. The van der Waals surface area contributed by atoms with Gasteiger partial charge in [0.25, 0.3) is 0 Å². The van der Waals surface area contributed by atoms with Crippen LogP contribution in [-0.2, 0) is 13.7 Å². The summed E-state index contributed by atoms with van der Waals surface area (Å²) in [5.74, 6) is -2.24. The van der Waals surface area contributed by atoms with Crippen molar-refractivity contribution in [1.82, 2.24) is 0 Å². The van der Waals surface area contributed by atoms with Gasteiger partial charge in [-0.25, -0.2) is 0 Å². The zero-order valence-corrected chi connectivity index (χ0v) is 12.0. The van der Waals surface area contributed by atoms with E-state index >= 15 is 0 Å². The van der Waals surface area contributed by atoms with Gasteiger partial charge in [-0.1, -0.05) is 20.8 Å².